The minimum Gasteiger partial charge on any atom is -0.493 e. The Morgan fingerprint density at radius 2 is 2.10 bits per heavy atom. The average Bonchev–Trinajstić information content (AvgIpc) is 2.78. The zero-order valence-electron chi connectivity index (χ0n) is 16.6. The standard InChI is InChI=1S/C22H22FN2O5/c1-26-19-12-15-17(13-20(19)27-10-11-29-21-8-4-5-9-28-21)24-14-25-22(15)30-18-7-3-2-6-16(18)23/h2-3,7,12-14,21H,4-5,8-11H2,1H3. The number of benzene rings is 2. The van der Waals surface area contributed by atoms with Gasteiger partial charge in [-0.1, -0.05) is 12.1 Å². The average molecular weight is 413 g/mol. The van der Waals surface area contributed by atoms with Crippen molar-refractivity contribution >= 4 is 10.9 Å². The van der Waals surface area contributed by atoms with Crippen molar-refractivity contribution in [1.29, 1.82) is 0 Å². The van der Waals surface area contributed by atoms with E-state index in [2.05, 4.69) is 16.0 Å². The highest BCUT2D eigenvalue weighted by molar-refractivity contribution is 5.87. The van der Waals surface area contributed by atoms with Crippen LogP contribution in [0.1, 0.15) is 19.3 Å². The summed E-state index contributed by atoms with van der Waals surface area (Å²) in [6, 6.07) is 10.5. The minimum atomic E-state index is -0.599. The van der Waals surface area contributed by atoms with Gasteiger partial charge in [0.05, 0.1) is 24.6 Å². The van der Waals surface area contributed by atoms with Gasteiger partial charge in [0.25, 0.3) is 0 Å². The number of fused-ring (bicyclic) bond motifs is 1. The molecule has 0 bridgehead atoms. The van der Waals surface area contributed by atoms with Gasteiger partial charge in [0, 0.05) is 18.7 Å². The number of halogens is 1. The van der Waals surface area contributed by atoms with Gasteiger partial charge in [0.15, 0.2) is 29.4 Å². The maximum atomic E-state index is 13.9. The third-order valence-corrected chi connectivity index (χ3v) is 4.64. The van der Waals surface area contributed by atoms with Crippen LogP contribution in [-0.4, -0.2) is 43.2 Å². The highest BCUT2D eigenvalue weighted by atomic mass is 19.1. The molecule has 7 nitrogen and oxygen atoms in total. The van der Waals surface area contributed by atoms with Crippen LogP contribution in [0.15, 0.2) is 36.7 Å². The summed E-state index contributed by atoms with van der Waals surface area (Å²) in [6.07, 6.45) is 4.27. The zero-order valence-corrected chi connectivity index (χ0v) is 16.6. The maximum absolute atomic E-state index is 13.9. The Hall–Kier alpha value is -2.97. The fraction of sp³-hybridized carbons (Fsp3) is 0.364. The van der Waals surface area contributed by atoms with E-state index in [0.717, 1.165) is 25.9 Å². The smallest absolute Gasteiger partial charge is 0.230 e. The quantitative estimate of drug-likeness (QED) is 0.510. The lowest BCUT2D eigenvalue weighted by molar-refractivity contribution is -0.165. The molecule has 3 aromatic rings. The van der Waals surface area contributed by atoms with Crippen molar-refractivity contribution in [2.24, 2.45) is 0 Å². The van der Waals surface area contributed by atoms with Crippen LogP contribution in [0.5, 0.6) is 23.1 Å². The molecule has 1 aliphatic rings. The molecular formula is C22H22FN2O5. The first kappa shape index (κ1) is 20.3. The van der Waals surface area contributed by atoms with Gasteiger partial charge in [0.2, 0.25) is 5.88 Å². The highest BCUT2D eigenvalue weighted by Crippen LogP contribution is 2.36. The number of aromatic nitrogens is 2. The van der Waals surface area contributed by atoms with Crippen LogP contribution < -0.4 is 14.2 Å². The second-order valence-electron chi connectivity index (χ2n) is 6.66. The van der Waals surface area contributed by atoms with Gasteiger partial charge in [-0.05, 0) is 31.4 Å². The van der Waals surface area contributed by atoms with Crippen molar-refractivity contribution in [1.82, 2.24) is 9.97 Å². The molecule has 4 rings (SSSR count). The molecule has 1 unspecified atom stereocenters. The molecule has 0 N–H and O–H groups in total. The number of rotatable bonds is 8. The van der Waals surface area contributed by atoms with Gasteiger partial charge in [-0.25, -0.2) is 14.4 Å². The van der Waals surface area contributed by atoms with Crippen LogP contribution in [0.3, 0.4) is 0 Å². The van der Waals surface area contributed by atoms with Crippen molar-refractivity contribution in [3.05, 3.63) is 48.5 Å². The van der Waals surface area contributed by atoms with Crippen molar-refractivity contribution in [2.45, 2.75) is 25.6 Å². The summed E-state index contributed by atoms with van der Waals surface area (Å²) in [4.78, 5) is 8.40. The van der Waals surface area contributed by atoms with Crippen molar-refractivity contribution in [3.8, 4) is 23.1 Å². The molecule has 1 atom stereocenters. The number of hydrogen-bond acceptors (Lipinski definition) is 7. The van der Waals surface area contributed by atoms with E-state index in [1.165, 1.54) is 25.6 Å². The molecule has 0 saturated carbocycles. The molecule has 157 valence electrons. The van der Waals surface area contributed by atoms with Crippen LogP contribution in [0, 0.1) is 11.9 Å². The third kappa shape index (κ3) is 4.77. The number of methoxy groups -OCH3 is 1. The molecule has 2 aromatic carbocycles. The molecule has 8 heteroatoms. The summed E-state index contributed by atoms with van der Waals surface area (Å²) >= 11 is 0. The lowest BCUT2D eigenvalue weighted by Gasteiger charge is -2.22. The monoisotopic (exact) mass is 413 g/mol. The summed E-state index contributed by atoms with van der Waals surface area (Å²) in [7, 11) is 1.54. The number of nitrogens with zero attached hydrogens (tertiary/aromatic N) is 2. The Kier molecular flexibility index (Phi) is 6.56. The van der Waals surface area contributed by atoms with Crippen molar-refractivity contribution in [3.63, 3.8) is 0 Å². The normalized spacial score (nSPS) is 16.4. The molecule has 30 heavy (non-hydrogen) atoms. The van der Waals surface area contributed by atoms with Crippen LogP contribution in [0.25, 0.3) is 10.9 Å². The lowest BCUT2D eigenvalue weighted by Crippen LogP contribution is -2.24. The van der Waals surface area contributed by atoms with E-state index < -0.39 is 5.82 Å². The van der Waals surface area contributed by atoms with E-state index in [4.69, 9.17) is 23.7 Å². The van der Waals surface area contributed by atoms with Gasteiger partial charge in [-0.15, -0.1) is 0 Å². The first-order valence-electron chi connectivity index (χ1n) is 9.77. The van der Waals surface area contributed by atoms with E-state index in [9.17, 15) is 4.39 Å². The number of hydrogen-bond donors (Lipinski definition) is 0. The van der Waals surface area contributed by atoms with Crippen molar-refractivity contribution < 1.29 is 28.1 Å². The van der Waals surface area contributed by atoms with Gasteiger partial charge >= 0.3 is 0 Å². The molecule has 0 spiro atoms. The second-order valence-corrected chi connectivity index (χ2v) is 6.66. The van der Waals surface area contributed by atoms with E-state index >= 15 is 0 Å². The van der Waals surface area contributed by atoms with Crippen molar-refractivity contribution in [2.75, 3.05) is 26.9 Å². The van der Waals surface area contributed by atoms with Gasteiger partial charge in [-0.2, -0.15) is 0 Å². The number of ether oxygens (including phenoxy) is 5. The summed E-state index contributed by atoms with van der Waals surface area (Å²) in [6.45, 7) is 1.47. The fourth-order valence-electron chi connectivity index (χ4n) is 3.15. The molecule has 0 amide bonds. The Labute approximate surface area is 173 Å². The molecule has 1 saturated heterocycles. The van der Waals surface area contributed by atoms with E-state index in [0.29, 0.717) is 35.6 Å². The fourth-order valence-corrected chi connectivity index (χ4v) is 3.15. The van der Waals surface area contributed by atoms with Crippen LogP contribution >= 0.6 is 0 Å². The van der Waals surface area contributed by atoms with E-state index in [1.807, 2.05) is 0 Å². The summed E-state index contributed by atoms with van der Waals surface area (Å²) in [5.74, 6) is 0.635. The van der Waals surface area contributed by atoms with Gasteiger partial charge in [0.1, 0.15) is 12.9 Å². The van der Waals surface area contributed by atoms with E-state index in [-0.39, 0.29) is 17.9 Å². The predicted octanol–water partition coefficient (Wildman–Crippen LogP) is 4.29. The third-order valence-electron chi connectivity index (χ3n) is 4.64. The Morgan fingerprint density at radius 3 is 2.90 bits per heavy atom. The van der Waals surface area contributed by atoms with E-state index in [1.54, 1.807) is 18.2 Å². The first-order valence-corrected chi connectivity index (χ1v) is 9.77. The molecular weight excluding hydrogens is 391 g/mol. The van der Waals surface area contributed by atoms with Crippen LogP contribution in [-0.2, 0) is 9.47 Å². The highest BCUT2D eigenvalue weighted by Gasteiger charge is 2.16. The summed E-state index contributed by atoms with van der Waals surface area (Å²) in [5, 5.41) is 0.566. The Balaban J connectivity index is 1.48. The second kappa shape index (κ2) is 9.69. The molecule has 1 aromatic heterocycles. The largest absolute Gasteiger partial charge is 0.493 e. The van der Waals surface area contributed by atoms with Gasteiger partial charge in [-0.3, -0.25) is 0 Å². The molecule has 1 aliphatic heterocycles. The van der Waals surface area contributed by atoms with Crippen LogP contribution in [0.4, 0.5) is 4.39 Å². The Bertz CT molecular complexity index is 994. The molecule has 2 heterocycles. The maximum Gasteiger partial charge on any atom is 0.230 e. The molecule has 0 aliphatic carbocycles. The minimum absolute atomic E-state index is 0.0267. The van der Waals surface area contributed by atoms with Crippen LogP contribution in [0.2, 0.25) is 0 Å². The summed E-state index contributed by atoms with van der Waals surface area (Å²) < 4.78 is 42.1. The molecule has 1 fully saturated rings. The lowest BCUT2D eigenvalue weighted by atomic mass is 10.2. The SMILES string of the molecule is COc1cc2c(Oc3ccc[c]c3F)ncnc2cc1OCCOC1CCCCO1. The predicted molar refractivity (Wildman–Crippen MR) is 106 cm³/mol. The summed E-state index contributed by atoms with van der Waals surface area (Å²) in [5.41, 5.74) is 0.577. The Morgan fingerprint density at radius 1 is 1.17 bits per heavy atom. The first-order chi connectivity index (χ1) is 14.7. The topological polar surface area (TPSA) is 71.9 Å². The van der Waals surface area contributed by atoms with Gasteiger partial charge < -0.3 is 23.7 Å². The molecule has 1 radical (unpaired) electrons. The zero-order chi connectivity index (χ0) is 20.8.